The number of fused-ring (bicyclic) bond motifs is 1. The summed E-state index contributed by atoms with van der Waals surface area (Å²) in [7, 11) is 0. The Balaban J connectivity index is 2.00. The lowest BCUT2D eigenvalue weighted by molar-refractivity contribution is 0.297. The van der Waals surface area contributed by atoms with Crippen LogP contribution in [0.3, 0.4) is 0 Å². The van der Waals surface area contributed by atoms with Crippen molar-refractivity contribution in [1.29, 1.82) is 0 Å². The lowest BCUT2D eigenvalue weighted by atomic mass is 10.1. The first-order chi connectivity index (χ1) is 10.3. The molecule has 0 aliphatic carbocycles. The summed E-state index contributed by atoms with van der Waals surface area (Å²) in [6.07, 6.45) is 2.68. The molecular weight excluding hydrogens is 308 g/mol. The van der Waals surface area contributed by atoms with Crippen LogP contribution in [-0.2, 0) is 0 Å². The summed E-state index contributed by atoms with van der Waals surface area (Å²) in [4.78, 5) is 4.41. The molecule has 0 radical (unpaired) electrons. The zero-order chi connectivity index (χ0) is 14.7. The number of aromatic nitrogens is 1. The fourth-order valence-electron chi connectivity index (χ4n) is 2.35. The van der Waals surface area contributed by atoms with E-state index in [0.717, 1.165) is 29.3 Å². The van der Waals surface area contributed by atoms with Gasteiger partial charge in [0.05, 0.1) is 24.3 Å². The highest BCUT2D eigenvalue weighted by Crippen LogP contribution is 2.40. The van der Waals surface area contributed by atoms with Crippen LogP contribution in [0.1, 0.15) is 30.0 Å². The summed E-state index contributed by atoms with van der Waals surface area (Å²) in [5.41, 5.74) is 1.04. The number of nitrogens with zero attached hydrogens (tertiary/aromatic N) is 1. The van der Waals surface area contributed by atoms with Crippen LogP contribution >= 0.6 is 22.9 Å². The highest BCUT2D eigenvalue weighted by molar-refractivity contribution is 7.09. The molecule has 2 heterocycles. The Hall–Kier alpha value is -1.30. The Morgan fingerprint density at radius 2 is 2.24 bits per heavy atom. The van der Waals surface area contributed by atoms with Crippen molar-refractivity contribution in [1.82, 2.24) is 10.3 Å². The molecule has 6 heteroatoms. The van der Waals surface area contributed by atoms with Crippen molar-refractivity contribution in [2.45, 2.75) is 19.4 Å². The number of rotatable bonds is 4. The van der Waals surface area contributed by atoms with Gasteiger partial charge in [0.25, 0.3) is 0 Å². The summed E-state index contributed by atoms with van der Waals surface area (Å²) < 4.78 is 11.4. The largest absolute Gasteiger partial charge is 0.489 e. The van der Waals surface area contributed by atoms with Gasteiger partial charge in [-0.2, -0.15) is 0 Å². The zero-order valence-corrected chi connectivity index (χ0v) is 13.3. The molecule has 0 spiro atoms. The molecular formula is C15H17ClN2O2S. The molecule has 112 valence electrons. The van der Waals surface area contributed by atoms with E-state index in [1.807, 2.05) is 23.7 Å². The predicted octanol–water partition coefficient (Wildman–Crippen LogP) is 3.66. The molecule has 0 amide bonds. The molecule has 1 aromatic carbocycles. The third-order valence-corrected chi connectivity index (χ3v) is 4.39. The van der Waals surface area contributed by atoms with Gasteiger partial charge in [-0.25, -0.2) is 4.98 Å². The Kier molecular flexibility index (Phi) is 4.63. The molecule has 1 aliphatic rings. The summed E-state index contributed by atoms with van der Waals surface area (Å²) in [5.74, 6) is 1.36. The van der Waals surface area contributed by atoms with E-state index < -0.39 is 0 Å². The molecule has 0 saturated heterocycles. The second-order valence-corrected chi connectivity index (χ2v) is 6.07. The van der Waals surface area contributed by atoms with Crippen LogP contribution in [0, 0.1) is 0 Å². The van der Waals surface area contributed by atoms with E-state index in [2.05, 4.69) is 17.2 Å². The molecule has 1 aromatic heterocycles. The smallest absolute Gasteiger partial charge is 0.179 e. The maximum absolute atomic E-state index is 6.38. The highest BCUT2D eigenvalue weighted by Gasteiger charge is 2.21. The van der Waals surface area contributed by atoms with Crippen LogP contribution in [0.2, 0.25) is 5.02 Å². The number of nitrogens with one attached hydrogen (secondary N) is 1. The number of hydrogen-bond donors (Lipinski definition) is 1. The van der Waals surface area contributed by atoms with Gasteiger partial charge in [0, 0.05) is 18.0 Å². The zero-order valence-electron chi connectivity index (χ0n) is 11.8. The fraction of sp³-hybridized carbons (Fsp3) is 0.400. The van der Waals surface area contributed by atoms with Gasteiger partial charge < -0.3 is 14.8 Å². The lowest BCUT2D eigenvalue weighted by Crippen LogP contribution is -2.22. The van der Waals surface area contributed by atoms with Gasteiger partial charge in [0.15, 0.2) is 11.5 Å². The molecule has 2 aromatic rings. The molecule has 0 bridgehead atoms. The van der Waals surface area contributed by atoms with E-state index in [1.54, 1.807) is 11.3 Å². The number of halogens is 1. The standard InChI is InChI=1S/C15H17ClN2O2S/c1-2-17-13(15-18-4-7-21-15)10-8-11(16)14-12(9-10)19-5-3-6-20-14/h4,7-9,13,17H,2-3,5-6H2,1H3. The van der Waals surface area contributed by atoms with E-state index in [0.29, 0.717) is 24.0 Å². The molecule has 4 nitrogen and oxygen atoms in total. The molecule has 0 fully saturated rings. The average Bonchev–Trinajstić information content (AvgIpc) is 2.89. The maximum Gasteiger partial charge on any atom is 0.179 e. The second kappa shape index (κ2) is 6.64. The SMILES string of the molecule is CCNC(c1cc(Cl)c2c(c1)OCCCO2)c1nccs1. The molecule has 1 aliphatic heterocycles. The van der Waals surface area contributed by atoms with E-state index >= 15 is 0 Å². The summed E-state index contributed by atoms with van der Waals surface area (Å²) in [6.45, 7) is 4.20. The monoisotopic (exact) mass is 324 g/mol. The average molecular weight is 325 g/mol. The van der Waals surface area contributed by atoms with Crippen LogP contribution in [0.4, 0.5) is 0 Å². The van der Waals surface area contributed by atoms with Crippen molar-refractivity contribution in [3.05, 3.63) is 39.3 Å². The van der Waals surface area contributed by atoms with Gasteiger partial charge in [0.1, 0.15) is 5.01 Å². The number of hydrogen-bond acceptors (Lipinski definition) is 5. The Labute approximate surface area is 133 Å². The lowest BCUT2D eigenvalue weighted by Gasteiger charge is -2.18. The van der Waals surface area contributed by atoms with Gasteiger partial charge in [-0.3, -0.25) is 0 Å². The minimum Gasteiger partial charge on any atom is -0.489 e. The van der Waals surface area contributed by atoms with Crippen LogP contribution in [0.5, 0.6) is 11.5 Å². The summed E-state index contributed by atoms with van der Waals surface area (Å²) >= 11 is 8.00. The van der Waals surface area contributed by atoms with Crippen LogP contribution in [0.25, 0.3) is 0 Å². The predicted molar refractivity (Wildman–Crippen MR) is 84.7 cm³/mol. The van der Waals surface area contributed by atoms with E-state index in [1.165, 1.54) is 0 Å². The third kappa shape index (κ3) is 3.15. The molecule has 1 atom stereocenters. The fourth-order valence-corrected chi connectivity index (χ4v) is 3.36. The first-order valence-corrected chi connectivity index (χ1v) is 8.27. The molecule has 1 N–H and O–H groups in total. The Morgan fingerprint density at radius 1 is 1.38 bits per heavy atom. The minimum absolute atomic E-state index is 0.0182. The van der Waals surface area contributed by atoms with Crippen LogP contribution in [-0.4, -0.2) is 24.7 Å². The highest BCUT2D eigenvalue weighted by atomic mass is 35.5. The molecule has 21 heavy (non-hydrogen) atoms. The van der Waals surface area contributed by atoms with E-state index in [9.17, 15) is 0 Å². The minimum atomic E-state index is 0.0182. The summed E-state index contributed by atoms with van der Waals surface area (Å²) in [6, 6.07) is 3.95. The van der Waals surface area contributed by atoms with Gasteiger partial charge in [-0.1, -0.05) is 18.5 Å². The number of ether oxygens (including phenoxy) is 2. The first kappa shape index (κ1) is 14.6. The van der Waals surface area contributed by atoms with E-state index in [4.69, 9.17) is 21.1 Å². The number of benzene rings is 1. The Morgan fingerprint density at radius 3 is 3.00 bits per heavy atom. The maximum atomic E-state index is 6.38. The second-order valence-electron chi connectivity index (χ2n) is 4.74. The van der Waals surface area contributed by atoms with Crippen LogP contribution < -0.4 is 14.8 Å². The van der Waals surface area contributed by atoms with Crippen molar-refractivity contribution < 1.29 is 9.47 Å². The van der Waals surface area contributed by atoms with Crippen molar-refractivity contribution in [2.75, 3.05) is 19.8 Å². The molecule has 3 rings (SSSR count). The van der Waals surface area contributed by atoms with Crippen molar-refractivity contribution in [3.8, 4) is 11.5 Å². The van der Waals surface area contributed by atoms with Gasteiger partial charge in [-0.15, -0.1) is 11.3 Å². The quantitative estimate of drug-likeness (QED) is 0.932. The van der Waals surface area contributed by atoms with Crippen LogP contribution in [0.15, 0.2) is 23.7 Å². The van der Waals surface area contributed by atoms with Gasteiger partial charge >= 0.3 is 0 Å². The molecule has 1 unspecified atom stereocenters. The first-order valence-electron chi connectivity index (χ1n) is 7.01. The van der Waals surface area contributed by atoms with Crippen molar-refractivity contribution in [3.63, 3.8) is 0 Å². The summed E-state index contributed by atoms with van der Waals surface area (Å²) in [5, 5.41) is 7.02. The molecule has 0 saturated carbocycles. The van der Waals surface area contributed by atoms with Crippen molar-refractivity contribution >= 4 is 22.9 Å². The van der Waals surface area contributed by atoms with Gasteiger partial charge in [0.2, 0.25) is 0 Å². The normalized spacial score (nSPS) is 15.5. The van der Waals surface area contributed by atoms with E-state index in [-0.39, 0.29) is 6.04 Å². The van der Waals surface area contributed by atoms with Crippen molar-refractivity contribution in [2.24, 2.45) is 0 Å². The Bertz CT molecular complexity index is 604. The number of thiazole rings is 1. The third-order valence-electron chi connectivity index (χ3n) is 3.26. The topological polar surface area (TPSA) is 43.4 Å². The van der Waals surface area contributed by atoms with Gasteiger partial charge in [-0.05, 0) is 24.2 Å².